The monoisotopic (exact) mass is 459 g/mol. The van der Waals surface area contributed by atoms with E-state index in [4.69, 9.17) is 4.74 Å². The Balaban J connectivity index is 2.02. The second-order valence-corrected chi connectivity index (χ2v) is 8.63. The molecule has 1 rings (SSSR count). The second kappa shape index (κ2) is 20.3. The number of hydrogen-bond acceptors (Lipinski definition) is 4. The van der Waals surface area contributed by atoms with Crippen molar-refractivity contribution in [1.82, 2.24) is 10.7 Å². The number of carbonyl (C=O) groups excluding carboxylic acids is 2. The molecule has 0 heterocycles. The average Bonchev–Trinajstić information content (AvgIpc) is 2.82. The predicted octanol–water partition coefficient (Wildman–Crippen LogP) is 6.13. The van der Waals surface area contributed by atoms with Gasteiger partial charge < -0.3 is 10.1 Å². The third-order valence-electron chi connectivity index (χ3n) is 5.50. The van der Waals surface area contributed by atoms with Crippen LogP contribution in [0.1, 0.15) is 109 Å². The molecule has 6 heteroatoms. The van der Waals surface area contributed by atoms with Crippen LogP contribution < -0.4 is 15.5 Å². The fourth-order valence-electron chi connectivity index (χ4n) is 3.42. The van der Waals surface area contributed by atoms with Gasteiger partial charge in [-0.3, -0.25) is 9.59 Å². The molecule has 1 aromatic rings. The van der Waals surface area contributed by atoms with Crippen LogP contribution in [-0.2, 0) is 9.59 Å². The van der Waals surface area contributed by atoms with Gasteiger partial charge in [0, 0.05) is 6.42 Å². The van der Waals surface area contributed by atoms with Gasteiger partial charge >= 0.3 is 0 Å². The van der Waals surface area contributed by atoms with Gasteiger partial charge in [0.25, 0.3) is 5.91 Å². The number of amides is 2. The van der Waals surface area contributed by atoms with Crippen molar-refractivity contribution >= 4 is 18.0 Å². The van der Waals surface area contributed by atoms with Crippen molar-refractivity contribution in [1.29, 1.82) is 0 Å². The first-order valence-electron chi connectivity index (χ1n) is 13.0. The molecule has 0 fully saturated rings. The standard InChI is InChI=1S/C27H45N3O3/c1-3-5-7-8-9-10-11-12-13-14-15-16-26(31)28-23-27(32)30-29-22-24-17-19-25(20-18-24)33-21-6-4-2/h17-20,22H,3-16,21,23H2,1-2H3,(H,28,31)(H,30,32)/b29-22-. The van der Waals surface area contributed by atoms with E-state index in [2.05, 4.69) is 29.7 Å². The van der Waals surface area contributed by atoms with Gasteiger partial charge in [0.15, 0.2) is 0 Å². The van der Waals surface area contributed by atoms with E-state index in [9.17, 15) is 9.59 Å². The summed E-state index contributed by atoms with van der Waals surface area (Å²) in [5, 5.41) is 6.60. The molecule has 2 amide bonds. The minimum Gasteiger partial charge on any atom is -0.494 e. The molecule has 0 saturated carbocycles. The van der Waals surface area contributed by atoms with Gasteiger partial charge in [-0.15, -0.1) is 0 Å². The molecule has 33 heavy (non-hydrogen) atoms. The number of ether oxygens (including phenoxy) is 1. The smallest absolute Gasteiger partial charge is 0.259 e. The summed E-state index contributed by atoms with van der Waals surface area (Å²) in [5.74, 6) is 0.409. The van der Waals surface area contributed by atoms with Crippen molar-refractivity contribution in [2.45, 2.75) is 104 Å². The minimum atomic E-state index is -0.335. The molecule has 0 aliphatic rings. The third kappa shape index (κ3) is 16.9. The molecule has 1 aromatic carbocycles. The van der Waals surface area contributed by atoms with E-state index in [-0.39, 0.29) is 18.4 Å². The van der Waals surface area contributed by atoms with E-state index in [1.54, 1.807) is 6.21 Å². The van der Waals surface area contributed by atoms with Gasteiger partial charge in [0.2, 0.25) is 5.91 Å². The van der Waals surface area contributed by atoms with Crippen molar-refractivity contribution in [3.8, 4) is 5.75 Å². The Kier molecular flexibility index (Phi) is 17.6. The number of hydrazone groups is 1. The highest BCUT2D eigenvalue weighted by Crippen LogP contribution is 2.12. The van der Waals surface area contributed by atoms with E-state index < -0.39 is 0 Å². The second-order valence-electron chi connectivity index (χ2n) is 8.63. The van der Waals surface area contributed by atoms with E-state index >= 15 is 0 Å². The van der Waals surface area contributed by atoms with Gasteiger partial charge in [-0.1, -0.05) is 84.5 Å². The van der Waals surface area contributed by atoms with Crippen LogP contribution in [0, 0.1) is 0 Å². The molecular weight excluding hydrogens is 414 g/mol. The predicted molar refractivity (Wildman–Crippen MR) is 137 cm³/mol. The summed E-state index contributed by atoms with van der Waals surface area (Å²) in [6.45, 7) is 5.03. The molecule has 2 N–H and O–H groups in total. The number of benzene rings is 1. The largest absolute Gasteiger partial charge is 0.494 e. The van der Waals surface area contributed by atoms with Gasteiger partial charge in [-0.25, -0.2) is 5.43 Å². The van der Waals surface area contributed by atoms with Crippen molar-refractivity contribution in [3.05, 3.63) is 29.8 Å². The van der Waals surface area contributed by atoms with Crippen LogP contribution in [0.2, 0.25) is 0 Å². The Morgan fingerprint density at radius 3 is 1.97 bits per heavy atom. The van der Waals surface area contributed by atoms with Crippen LogP contribution in [0.4, 0.5) is 0 Å². The van der Waals surface area contributed by atoms with Gasteiger partial charge in [-0.05, 0) is 42.7 Å². The molecule has 186 valence electrons. The number of rotatable bonds is 20. The number of hydrogen-bond donors (Lipinski definition) is 2. The molecule has 6 nitrogen and oxygen atoms in total. The zero-order valence-electron chi connectivity index (χ0n) is 20.9. The Bertz CT molecular complexity index is 659. The third-order valence-corrected chi connectivity index (χ3v) is 5.50. The lowest BCUT2D eigenvalue weighted by Crippen LogP contribution is -2.34. The molecule has 0 saturated heterocycles. The number of nitrogens with zero attached hydrogens (tertiary/aromatic N) is 1. The van der Waals surface area contributed by atoms with Crippen LogP contribution in [0.15, 0.2) is 29.4 Å². The van der Waals surface area contributed by atoms with Crippen LogP contribution in [0.25, 0.3) is 0 Å². The summed E-state index contributed by atoms with van der Waals surface area (Å²) in [6, 6.07) is 7.53. The number of carbonyl (C=O) groups is 2. The topological polar surface area (TPSA) is 79.8 Å². The first kappa shape index (κ1) is 28.7. The first-order chi connectivity index (χ1) is 16.2. The van der Waals surface area contributed by atoms with E-state index in [1.165, 1.54) is 57.8 Å². The fraction of sp³-hybridized carbons (Fsp3) is 0.667. The molecule has 0 bridgehead atoms. The molecule has 0 radical (unpaired) electrons. The van der Waals surface area contributed by atoms with Crippen molar-refractivity contribution in [2.24, 2.45) is 5.10 Å². The highest BCUT2D eigenvalue weighted by molar-refractivity contribution is 5.86. The Morgan fingerprint density at radius 2 is 1.36 bits per heavy atom. The molecule has 0 spiro atoms. The fourth-order valence-corrected chi connectivity index (χ4v) is 3.42. The molecular formula is C27H45N3O3. The number of unbranched alkanes of at least 4 members (excludes halogenated alkanes) is 11. The quantitative estimate of drug-likeness (QED) is 0.140. The average molecular weight is 460 g/mol. The zero-order chi connectivity index (χ0) is 24.0. The number of nitrogens with one attached hydrogen (secondary N) is 2. The lowest BCUT2D eigenvalue weighted by Gasteiger charge is -2.05. The zero-order valence-corrected chi connectivity index (χ0v) is 20.9. The summed E-state index contributed by atoms with van der Waals surface area (Å²) in [6.07, 6.45) is 18.0. The first-order valence-corrected chi connectivity index (χ1v) is 13.0. The van der Waals surface area contributed by atoms with Crippen molar-refractivity contribution in [2.75, 3.05) is 13.2 Å². The highest BCUT2D eigenvalue weighted by Gasteiger charge is 2.04. The SMILES string of the molecule is CCCCCCCCCCCCCC(=O)NCC(=O)N/N=C\c1ccc(OCCCC)cc1. The van der Waals surface area contributed by atoms with Crippen LogP contribution in [0.3, 0.4) is 0 Å². The molecule has 0 aromatic heterocycles. The van der Waals surface area contributed by atoms with Crippen LogP contribution in [-0.4, -0.2) is 31.2 Å². The highest BCUT2D eigenvalue weighted by atomic mass is 16.5. The van der Waals surface area contributed by atoms with Crippen LogP contribution >= 0.6 is 0 Å². The van der Waals surface area contributed by atoms with Gasteiger partial charge in [0.1, 0.15) is 5.75 Å². The van der Waals surface area contributed by atoms with Crippen molar-refractivity contribution in [3.63, 3.8) is 0 Å². The van der Waals surface area contributed by atoms with E-state index in [1.807, 2.05) is 24.3 Å². The Labute approximate surface area is 200 Å². The molecule has 0 unspecified atom stereocenters. The van der Waals surface area contributed by atoms with E-state index in [0.717, 1.165) is 37.0 Å². The molecule has 0 aliphatic heterocycles. The van der Waals surface area contributed by atoms with Crippen molar-refractivity contribution < 1.29 is 14.3 Å². The maximum absolute atomic E-state index is 11.9. The van der Waals surface area contributed by atoms with Crippen LogP contribution in [0.5, 0.6) is 5.75 Å². The normalized spacial score (nSPS) is 11.0. The summed E-state index contributed by atoms with van der Waals surface area (Å²) >= 11 is 0. The Hall–Kier alpha value is -2.37. The maximum atomic E-state index is 11.9. The summed E-state index contributed by atoms with van der Waals surface area (Å²) < 4.78 is 5.62. The van der Waals surface area contributed by atoms with E-state index in [0.29, 0.717) is 13.0 Å². The molecule has 0 atom stereocenters. The van der Waals surface area contributed by atoms with Gasteiger partial charge in [0.05, 0.1) is 19.4 Å². The Morgan fingerprint density at radius 1 is 0.788 bits per heavy atom. The lowest BCUT2D eigenvalue weighted by molar-refractivity contribution is -0.126. The van der Waals surface area contributed by atoms with Gasteiger partial charge in [-0.2, -0.15) is 5.10 Å². The summed E-state index contributed by atoms with van der Waals surface area (Å²) in [5.41, 5.74) is 3.30. The maximum Gasteiger partial charge on any atom is 0.259 e. The summed E-state index contributed by atoms with van der Waals surface area (Å²) in [7, 11) is 0. The molecule has 0 aliphatic carbocycles. The minimum absolute atomic E-state index is 0.0571. The lowest BCUT2D eigenvalue weighted by atomic mass is 10.1. The summed E-state index contributed by atoms with van der Waals surface area (Å²) in [4.78, 5) is 23.7.